The highest BCUT2D eigenvalue weighted by Gasteiger charge is 2.28. The maximum absolute atomic E-state index is 12.7. The highest BCUT2D eigenvalue weighted by molar-refractivity contribution is 7.17. The molecule has 1 amide bonds. The van der Waals surface area contributed by atoms with Crippen molar-refractivity contribution in [2.75, 3.05) is 11.9 Å². The molecule has 0 aliphatic heterocycles. The lowest BCUT2D eigenvalue weighted by Crippen LogP contribution is -2.25. The van der Waals surface area contributed by atoms with E-state index in [-0.39, 0.29) is 17.8 Å². The minimum Gasteiger partial charge on any atom is -0.462 e. The van der Waals surface area contributed by atoms with Crippen molar-refractivity contribution in [3.05, 3.63) is 40.8 Å². The first-order valence-electron chi connectivity index (χ1n) is 9.28. The largest absolute Gasteiger partial charge is 0.462 e. The molecule has 1 fully saturated rings. The van der Waals surface area contributed by atoms with E-state index in [0.29, 0.717) is 17.2 Å². The van der Waals surface area contributed by atoms with E-state index in [0.717, 1.165) is 41.7 Å². The first-order chi connectivity index (χ1) is 12.6. The van der Waals surface area contributed by atoms with Crippen molar-refractivity contribution >= 4 is 28.2 Å². The van der Waals surface area contributed by atoms with Crippen LogP contribution in [0.25, 0.3) is 11.1 Å². The molecule has 1 aromatic carbocycles. The zero-order valence-electron chi connectivity index (χ0n) is 15.3. The third-order valence-corrected chi connectivity index (χ3v) is 5.86. The Balaban J connectivity index is 1.96. The van der Waals surface area contributed by atoms with Crippen molar-refractivity contribution in [1.29, 1.82) is 0 Å². The second-order valence-corrected chi connectivity index (χ2v) is 7.87. The first-order valence-corrected chi connectivity index (χ1v) is 10.1. The third-order valence-electron chi connectivity index (χ3n) is 4.84. The molecule has 0 unspecified atom stereocenters. The van der Waals surface area contributed by atoms with Gasteiger partial charge in [-0.25, -0.2) is 4.79 Å². The lowest BCUT2D eigenvalue weighted by atomic mass is 9.88. The highest BCUT2D eigenvalue weighted by Crippen LogP contribution is 2.41. The van der Waals surface area contributed by atoms with Crippen LogP contribution < -0.4 is 5.32 Å². The molecule has 1 aliphatic carbocycles. The fraction of sp³-hybridized carbons (Fsp3) is 0.429. The van der Waals surface area contributed by atoms with Crippen LogP contribution in [0.3, 0.4) is 0 Å². The summed E-state index contributed by atoms with van der Waals surface area (Å²) in [7, 11) is 0. The molecule has 0 atom stereocenters. The molecular weight excluding hydrogens is 346 g/mol. The number of ether oxygens (including phenoxy) is 1. The minimum absolute atomic E-state index is 0.0242. The van der Waals surface area contributed by atoms with Gasteiger partial charge in [0.1, 0.15) is 10.6 Å². The van der Waals surface area contributed by atoms with Gasteiger partial charge in [-0.1, -0.05) is 49.6 Å². The van der Waals surface area contributed by atoms with Gasteiger partial charge in [0, 0.05) is 16.4 Å². The van der Waals surface area contributed by atoms with Crippen LogP contribution in [-0.4, -0.2) is 18.5 Å². The van der Waals surface area contributed by atoms with Crippen molar-refractivity contribution < 1.29 is 14.3 Å². The van der Waals surface area contributed by atoms with Crippen LogP contribution in [0.4, 0.5) is 5.00 Å². The van der Waals surface area contributed by atoms with Gasteiger partial charge in [0.2, 0.25) is 5.91 Å². The van der Waals surface area contributed by atoms with E-state index in [9.17, 15) is 9.59 Å². The van der Waals surface area contributed by atoms with Crippen LogP contribution >= 0.6 is 11.3 Å². The van der Waals surface area contributed by atoms with Crippen LogP contribution in [0.1, 0.15) is 54.3 Å². The molecule has 0 bridgehead atoms. The third kappa shape index (κ3) is 3.98. The summed E-state index contributed by atoms with van der Waals surface area (Å²) in [5.74, 6) is -0.313. The fourth-order valence-corrected chi connectivity index (χ4v) is 4.63. The molecule has 2 aromatic rings. The quantitative estimate of drug-likeness (QED) is 0.714. The molecule has 138 valence electrons. The predicted octanol–water partition coefficient (Wildman–Crippen LogP) is 5.42. The monoisotopic (exact) mass is 371 g/mol. The standard InChI is InChI=1S/C21H25NO3S/c1-3-25-21(24)18-17(15-10-6-4-7-11-15)14(2)26-20(18)22-19(23)16-12-8-5-9-13-16/h4,6-7,10-11,16H,3,5,8-9,12-13H2,1-2H3,(H,22,23). The number of hydrogen-bond donors (Lipinski definition) is 1. The molecule has 1 aliphatic rings. The average molecular weight is 372 g/mol. The van der Waals surface area contributed by atoms with E-state index >= 15 is 0 Å². The van der Waals surface area contributed by atoms with Gasteiger partial charge in [-0.05, 0) is 32.3 Å². The zero-order chi connectivity index (χ0) is 18.5. The van der Waals surface area contributed by atoms with Crippen LogP contribution in [-0.2, 0) is 9.53 Å². The number of hydrogen-bond acceptors (Lipinski definition) is 4. The molecule has 26 heavy (non-hydrogen) atoms. The van der Waals surface area contributed by atoms with Gasteiger partial charge in [0.25, 0.3) is 0 Å². The van der Waals surface area contributed by atoms with Crippen LogP contribution in [0.2, 0.25) is 0 Å². The number of rotatable bonds is 5. The Morgan fingerprint density at radius 3 is 2.50 bits per heavy atom. The Hall–Kier alpha value is -2.14. The second-order valence-electron chi connectivity index (χ2n) is 6.65. The molecule has 0 saturated heterocycles. The number of carbonyl (C=O) groups is 2. The maximum atomic E-state index is 12.7. The summed E-state index contributed by atoms with van der Waals surface area (Å²) < 4.78 is 5.29. The second kappa shape index (κ2) is 8.49. The summed E-state index contributed by atoms with van der Waals surface area (Å²) >= 11 is 1.45. The fourth-order valence-electron chi connectivity index (χ4n) is 3.56. The van der Waals surface area contributed by atoms with Crippen LogP contribution in [0.15, 0.2) is 30.3 Å². The average Bonchev–Trinajstić information content (AvgIpc) is 2.99. The molecule has 4 nitrogen and oxygen atoms in total. The summed E-state index contributed by atoms with van der Waals surface area (Å²) in [6, 6.07) is 9.79. The Labute approximate surface area is 158 Å². The normalized spacial score (nSPS) is 14.8. The smallest absolute Gasteiger partial charge is 0.341 e. The van der Waals surface area contributed by atoms with E-state index < -0.39 is 0 Å². The lowest BCUT2D eigenvalue weighted by molar-refractivity contribution is -0.120. The Morgan fingerprint density at radius 2 is 1.85 bits per heavy atom. The van der Waals surface area contributed by atoms with Gasteiger partial charge < -0.3 is 10.1 Å². The van der Waals surface area contributed by atoms with Gasteiger partial charge >= 0.3 is 5.97 Å². The Kier molecular flexibility index (Phi) is 6.09. The molecular formula is C21H25NO3S. The van der Waals surface area contributed by atoms with E-state index in [1.54, 1.807) is 6.92 Å². The number of amides is 1. The molecule has 3 rings (SSSR count). The number of benzene rings is 1. The SMILES string of the molecule is CCOC(=O)c1c(NC(=O)C2CCCCC2)sc(C)c1-c1ccccc1. The van der Waals surface area contributed by atoms with Crippen molar-refractivity contribution in [1.82, 2.24) is 0 Å². The van der Waals surface area contributed by atoms with Crippen molar-refractivity contribution in [3.8, 4) is 11.1 Å². The topological polar surface area (TPSA) is 55.4 Å². The number of esters is 1. The Bertz CT molecular complexity index is 776. The van der Waals surface area contributed by atoms with Crippen LogP contribution in [0, 0.1) is 12.8 Å². The van der Waals surface area contributed by atoms with Crippen molar-refractivity contribution in [2.24, 2.45) is 5.92 Å². The van der Waals surface area contributed by atoms with Gasteiger partial charge in [0.15, 0.2) is 0 Å². The summed E-state index contributed by atoms with van der Waals surface area (Å²) in [5.41, 5.74) is 2.29. The van der Waals surface area contributed by atoms with E-state index in [1.807, 2.05) is 37.3 Å². The van der Waals surface area contributed by atoms with Gasteiger partial charge in [-0.3, -0.25) is 4.79 Å². The molecule has 1 aromatic heterocycles. The molecule has 0 radical (unpaired) electrons. The number of carbonyl (C=O) groups excluding carboxylic acids is 2. The minimum atomic E-state index is -0.380. The molecule has 0 spiro atoms. The molecule has 1 N–H and O–H groups in total. The van der Waals surface area contributed by atoms with E-state index in [4.69, 9.17) is 4.74 Å². The predicted molar refractivity (Wildman–Crippen MR) is 106 cm³/mol. The summed E-state index contributed by atoms with van der Waals surface area (Å²) in [6.45, 7) is 4.07. The number of aryl methyl sites for hydroxylation is 1. The number of nitrogens with one attached hydrogen (secondary N) is 1. The lowest BCUT2D eigenvalue weighted by Gasteiger charge is -2.20. The number of anilines is 1. The molecule has 1 heterocycles. The molecule has 1 saturated carbocycles. The summed E-state index contributed by atoms with van der Waals surface area (Å²) in [5, 5.41) is 3.64. The zero-order valence-corrected chi connectivity index (χ0v) is 16.2. The number of thiophene rings is 1. The van der Waals surface area contributed by atoms with Crippen molar-refractivity contribution in [2.45, 2.75) is 46.0 Å². The molecule has 5 heteroatoms. The summed E-state index contributed by atoms with van der Waals surface area (Å²) in [6.07, 6.45) is 5.25. The highest BCUT2D eigenvalue weighted by atomic mass is 32.1. The summed E-state index contributed by atoms with van der Waals surface area (Å²) in [4.78, 5) is 26.4. The van der Waals surface area contributed by atoms with Gasteiger partial charge in [0.05, 0.1) is 6.61 Å². The van der Waals surface area contributed by atoms with Crippen molar-refractivity contribution in [3.63, 3.8) is 0 Å². The van der Waals surface area contributed by atoms with Gasteiger partial charge in [-0.15, -0.1) is 11.3 Å². The Morgan fingerprint density at radius 1 is 1.15 bits per heavy atom. The van der Waals surface area contributed by atoms with Crippen LogP contribution in [0.5, 0.6) is 0 Å². The van der Waals surface area contributed by atoms with E-state index in [1.165, 1.54) is 17.8 Å². The maximum Gasteiger partial charge on any atom is 0.341 e. The van der Waals surface area contributed by atoms with E-state index in [2.05, 4.69) is 5.32 Å². The first kappa shape index (κ1) is 18.6. The van der Waals surface area contributed by atoms with Gasteiger partial charge in [-0.2, -0.15) is 0 Å².